The van der Waals surface area contributed by atoms with Crippen LogP contribution >= 0.6 is 0 Å². The number of fused-ring (bicyclic) bond motifs is 1. The summed E-state index contributed by atoms with van der Waals surface area (Å²) in [5, 5.41) is 0. The molecule has 0 N–H and O–H groups in total. The molecule has 0 aliphatic carbocycles. The van der Waals surface area contributed by atoms with Crippen LogP contribution in [0.25, 0.3) is 0 Å². The summed E-state index contributed by atoms with van der Waals surface area (Å²) in [6, 6.07) is 9.93. The van der Waals surface area contributed by atoms with Crippen LogP contribution in [0.4, 0.5) is 18.9 Å². The third-order valence-corrected chi connectivity index (χ3v) is 5.32. The van der Waals surface area contributed by atoms with Crippen molar-refractivity contribution in [2.75, 3.05) is 33.0 Å². The summed E-state index contributed by atoms with van der Waals surface area (Å²) in [5.74, 6) is -3.09. The van der Waals surface area contributed by atoms with Crippen LogP contribution in [-0.4, -0.2) is 39.9 Å². The van der Waals surface area contributed by atoms with Gasteiger partial charge in [-0.15, -0.1) is 0 Å². The van der Waals surface area contributed by atoms with Crippen molar-refractivity contribution in [3.8, 4) is 5.75 Å². The van der Waals surface area contributed by atoms with E-state index >= 15 is 0 Å². The number of benzene rings is 2. The number of alkyl halides is 3. The van der Waals surface area contributed by atoms with Crippen molar-refractivity contribution in [3.63, 3.8) is 0 Å². The molecule has 166 valence electrons. The molecule has 2 aromatic rings. The summed E-state index contributed by atoms with van der Waals surface area (Å²) in [6.45, 7) is -0.233. The molecule has 31 heavy (non-hydrogen) atoms. The summed E-state index contributed by atoms with van der Waals surface area (Å²) < 4.78 is 55.5. The lowest BCUT2D eigenvalue weighted by Gasteiger charge is -2.27. The van der Waals surface area contributed by atoms with Crippen LogP contribution in [0.3, 0.4) is 0 Å². The molecule has 2 atom stereocenters. The van der Waals surface area contributed by atoms with E-state index in [4.69, 9.17) is 14.2 Å². The number of rotatable bonds is 5. The van der Waals surface area contributed by atoms with Gasteiger partial charge in [0.1, 0.15) is 18.4 Å². The van der Waals surface area contributed by atoms with Crippen LogP contribution in [0.15, 0.2) is 42.5 Å². The maximum absolute atomic E-state index is 13.4. The normalized spacial score (nSPS) is 18.9. The van der Waals surface area contributed by atoms with Crippen molar-refractivity contribution in [2.45, 2.75) is 18.5 Å². The highest BCUT2D eigenvalue weighted by atomic mass is 19.4. The summed E-state index contributed by atoms with van der Waals surface area (Å²) in [5.41, 5.74) is 0.205. The Morgan fingerprint density at radius 2 is 1.84 bits per heavy atom. The molecule has 0 aromatic heterocycles. The summed E-state index contributed by atoms with van der Waals surface area (Å²) >= 11 is 0. The molecule has 2 aromatic carbocycles. The Bertz CT molecular complexity index is 976. The van der Waals surface area contributed by atoms with Crippen molar-refractivity contribution in [1.82, 2.24) is 0 Å². The summed E-state index contributed by atoms with van der Waals surface area (Å²) in [4.78, 5) is 27.3. The standard InChI is InChI=1S/C22H22F3NO5/c1-29-12-26-17-9-8-14(22(23,24)25)10-13(17)11-16(19(20(26)27)21(28)31-3)15-6-4-5-7-18(15)30-2/h4-10,16,19H,11-12H2,1-3H3. The minimum atomic E-state index is -4.56. The summed E-state index contributed by atoms with van der Waals surface area (Å²) in [6.07, 6.45) is -4.57. The number of carbonyl (C=O) groups is 2. The van der Waals surface area contributed by atoms with Crippen molar-refractivity contribution in [3.05, 3.63) is 59.2 Å². The Morgan fingerprint density at radius 1 is 1.13 bits per heavy atom. The van der Waals surface area contributed by atoms with Gasteiger partial charge in [-0.3, -0.25) is 14.5 Å². The predicted molar refractivity (Wildman–Crippen MR) is 106 cm³/mol. The fourth-order valence-corrected chi connectivity index (χ4v) is 3.92. The molecule has 0 saturated carbocycles. The molecule has 0 radical (unpaired) electrons. The van der Waals surface area contributed by atoms with Gasteiger partial charge in [0.25, 0.3) is 0 Å². The van der Waals surface area contributed by atoms with Gasteiger partial charge in [-0.25, -0.2) is 0 Å². The Hall–Kier alpha value is -3.07. The monoisotopic (exact) mass is 437 g/mol. The molecule has 0 saturated heterocycles. The highest BCUT2D eigenvalue weighted by Crippen LogP contribution is 2.43. The number of para-hydroxylation sites is 1. The Morgan fingerprint density at radius 3 is 2.45 bits per heavy atom. The topological polar surface area (TPSA) is 65.1 Å². The molecular weight excluding hydrogens is 415 g/mol. The first kappa shape index (κ1) is 22.6. The first-order chi connectivity index (χ1) is 14.7. The second kappa shape index (κ2) is 8.97. The van der Waals surface area contributed by atoms with E-state index in [9.17, 15) is 22.8 Å². The number of nitrogens with zero attached hydrogens (tertiary/aromatic N) is 1. The highest BCUT2D eigenvalue weighted by molar-refractivity contribution is 6.08. The fourth-order valence-electron chi connectivity index (χ4n) is 3.92. The minimum absolute atomic E-state index is 0.00858. The van der Waals surface area contributed by atoms with E-state index in [-0.39, 0.29) is 24.4 Å². The van der Waals surface area contributed by atoms with E-state index in [0.29, 0.717) is 11.3 Å². The molecule has 1 heterocycles. The smallest absolute Gasteiger partial charge is 0.416 e. The number of carbonyl (C=O) groups excluding carboxylic acids is 2. The predicted octanol–water partition coefficient (Wildman–Crippen LogP) is 3.78. The molecule has 1 aliphatic heterocycles. The molecule has 1 amide bonds. The van der Waals surface area contributed by atoms with Crippen LogP contribution < -0.4 is 9.64 Å². The van der Waals surface area contributed by atoms with Crippen LogP contribution in [0, 0.1) is 5.92 Å². The van der Waals surface area contributed by atoms with E-state index in [1.807, 2.05) is 0 Å². The van der Waals surface area contributed by atoms with Crippen molar-refractivity contribution in [1.29, 1.82) is 0 Å². The quantitative estimate of drug-likeness (QED) is 0.526. The number of hydrogen-bond donors (Lipinski definition) is 0. The third kappa shape index (κ3) is 4.36. The van der Waals surface area contributed by atoms with E-state index in [0.717, 1.165) is 19.2 Å². The molecule has 9 heteroatoms. The van der Waals surface area contributed by atoms with E-state index in [2.05, 4.69) is 0 Å². The van der Waals surface area contributed by atoms with Crippen LogP contribution in [0.1, 0.15) is 22.6 Å². The van der Waals surface area contributed by atoms with Gasteiger partial charge in [0.2, 0.25) is 5.91 Å². The largest absolute Gasteiger partial charge is 0.496 e. The van der Waals surface area contributed by atoms with Crippen LogP contribution in [-0.2, 0) is 31.7 Å². The minimum Gasteiger partial charge on any atom is -0.496 e. The van der Waals surface area contributed by atoms with E-state index in [1.54, 1.807) is 24.3 Å². The number of hydrogen-bond acceptors (Lipinski definition) is 5. The van der Waals surface area contributed by atoms with Crippen molar-refractivity contribution >= 4 is 17.6 Å². The van der Waals surface area contributed by atoms with Crippen molar-refractivity contribution in [2.24, 2.45) is 5.92 Å². The number of esters is 1. The zero-order valence-corrected chi connectivity index (χ0v) is 17.2. The number of anilines is 1. The maximum Gasteiger partial charge on any atom is 0.416 e. The maximum atomic E-state index is 13.4. The average molecular weight is 437 g/mol. The lowest BCUT2D eigenvalue weighted by atomic mass is 9.81. The first-order valence-electron chi connectivity index (χ1n) is 9.44. The second-order valence-corrected chi connectivity index (χ2v) is 7.08. The molecule has 3 rings (SSSR count). The zero-order chi connectivity index (χ0) is 22.8. The zero-order valence-electron chi connectivity index (χ0n) is 17.2. The van der Waals surface area contributed by atoms with Gasteiger partial charge in [-0.05, 0) is 41.8 Å². The fraction of sp³-hybridized carbons (Fsp3) is 0.364. The average Bonchev–Trinajstić information content (AvgIpc) is 2.87. The van der Waals surface area contributed by atoms with Crippen molar-refractivity contribution < 1.29 is 37.0 Å². The van der Waals surface area contributed by atoms with Crippen LogP contribution in [0.2, 0.25) is 0 Å². The molecule has 6 nitrogen and oxygen atoms in total. The van der Waals surface area contributed by atoms with Gasteiger partial charge in [-0.1, -0.05) is 18.2 Å². The molecular formula is C22H22F3NO5. The molecule has 0 spiro atoms. The van der Waals surface area contributed by atoms with Gasteiger partial charge in [0.15, 0.2) is 0 Å². The number of methoxy groups -OCH3 is 3. The van der Waals surface area contributed by atoms with Gasteiger partial charge in [-0.2, -0.15) is 13.2 Å². The molecule has 0 bridgehead atoms. The molecule has 1 aliphatic rings. The molecule has 0 fully saturated rings. The Kier molecular flexibility index (Phi) is 6.54. The first-order valence-corrected chi connectivity index (χ1v) is 9.44. The van der Waals surface area contributed by atoms with Crippen LogP contribution in [0.5, 0.6) is 5.75 Å². The lowest BCUT2D eigenvalue weighted by Crippen LogP contribution is -2.42. The van der Waals surface area contributed by atoms with E-state index in [1.165, 1.54) is 25.2 Å². The highest BCUT2D eigenvalue weighted by Gasteiger charge is 2.44. The summed E-state index contributed by atoms with van der Waals surface area (Å²) in [7, 11) is 3.96. The number of ether oxygens (including phenoxy) is 3. The second-order valence-electron chi connectivity index (χ2n) is 7.08. The molecule has 2 unspecified atom stereocenters. The Labute approximate surface area is 177 Å². The van der Waals surface area contributed by atoms with Gasteiger partial charge in [0, 0.05) is 18.7 Å². The van der Waals surface area contributed by atoms with Gasteiger partial charge >= 0.3 is 12.1 Å². The van der Waals surface area contributed by atoms with Gasteiger partial charge in [0.05, 0.1) is 19.8 Å². The van der Waals surface area contributed by atoms with E-state index < -0.39 is 35.5 Å². The van der Waals surface area contributed by atoms with Gasteiger partial charge < -0.3 is 14.2 Å². The lowest BCUT2D eigenvalue weighted by molar-refractivity contribution is -0.150. The number of halogens is 3. The Balaban J connectivity index is 2.25. The third-order valence-electron chi connectivity index (χ3n) is 5.32. The SMILES string of the molecule is COCN1C(=O)C(C(=O)OC)C(c2ccccc2OC)Cc2cc(C(F)(F)F)ccc21. The number of amides is 1.